The van der Waals surface area contributed by atoms with Crippen molar-refractivity contribution < 1.29 is 24.6 Å². The van der Waals surface area contributed by atoms with Gasteiger partial charge in [0.2, 0.25) is 0 Å². The summed E-state index contributed by atoms with van der Waals surface area (Å²) in [5.41, 5.74) is 1.88. The van der Waals surface area contributed by atoms with Crippen LogP contribution in [-0.2, 0) is 4.74 Å². The average molecular weight is 346 g/mol. The zero-order chi connectivity index (χ0) is 17.3. The van der Waals surface area contributed by atoms with Crippen molar-refractivity contribution in [2.24, 2.45) is 0 Å². The molecule has 7 heteroatoms. The van der Waals surface area contributed by atoms with Crippen LogP contribution in [0, 0.1) is 0 Å². The van der Waals surface area contributed by atoms with Gasteiger partial charge in [0.25, 0.3) is 0 Å². The van der Waals surface area contributed by atoms with Crippen LogP contribution < -0.4 is 0 Å². The lowest BCUT2D eigenvalue weighted by molar-refractivity contribution is 0.0850. The van der Waals surface area contributed by atoms with Gasteiger partial charge in [0.1, 0.15) is 0 Å². The molecule has 7 nitrogen and oxygen atoms in total. The van der Waals surface area contributed by atoms with Gasteiger partial charge in [0.15, 0.2) is 11.6 Å². The molecule has 3 rings (SSSR count). The fraction of sp³-hybridized carbons (Fsp3) is 0.389. The molecule has 0 bridgehead atoms. The molecule has 1 heterocycles. The van der Waals surface area contributed by atoms with E-state index in [4.69, 9.17) is 4.74 Å². The van der Waals surface area contributed by atoms with E-state index in [0.717, 1.165) is 0 Å². The van der Waals surface area contributed by atoms with Crippen molar-refractivity contribution in [1.82, 2.24) is 9.80 Å². The van der Waals surface area contributed by atoms with Crippen molar-refractivity contribution in [3.8, 4) is 0 Å². The van der Waals surface area contributed by atoms with Gasteiger partial charge < -0.3 is 20.0 Å². The Kier molecular flexibility index (Phi) is 5.58. The third-order valence-electron chi connectivity index (χ3n) is 4.51. The summed E-state index contributed by atoms with van der Waals surface area (Å²) in [5.74, 6) is -0.415. The number of carbonyl (C=O) groups excluding carboxylic acids is 3. The van der Waals surface area contributed by atoms with E-state index in [1.165, 1.54) is 0 Å². The van der Waals surface area contributed by atoms with E-state index in [9.17, 15) is 14.4 Å². The number of rotatable bonds is 2. The maximum absolute atomic E-state index is 12.6. The number of piperazine rings is 1. The number of Topliss-reactive ketones (excluding diaryl/α,β-unsaturated/α-hetero) is 2. The fourth-order valence-corrected chi connectivity index (χ4v) is 3.18. The Bertz CT molecular complexity index is 696. The molecule has 0 spiro atoms. The van der Waals surface area contributed by atoms with Crippen molar-refractivity contribution in [2.45, 2.75) is 13.8 Å². The summed E-state index contributed by atoms with van der Waals surface area (Å²) in [6, 6.07) is 6.91. The van der Waals surface area contributed by atoms with E-state index in [1.807, 2.05) is 4.90 Å². The summed E-state index contributed by atoms with van der Waals surface area (Å²) in [4.78, 5) is 40.5. The van der Waals surface area contributed by atoms with Crippen LogP contribution in [-0.4, -0.2) is 65.7 Å². The number of hydrogen-bond donors (Lipinski definition) is 0. The maximum atomic E-state index is 12.6. The SMILES string of the molecule is CCOC(=O)N1CCN(C(C)=C2C(=O)c3ccccc3C2=O)CC1.O. The lowest BCUT2D eigenvalue weighted by atomic mass is 10.1. The van der Waals surface area contributed by atoms with E-state index < -0.39 is 0 Å². The van der Waals surface area contributed by atoms with Crippen molar-refractivity contribution in [3.63, 3.8) is 0 Å². The van der Waals surface area contributed by atoms with Crippen molar-refractivity contribution in [2.75, 3.05) is 32.8 Å². The Morgan fingerprint density at radius 2 is 1.48 bits per heavy atom. The highest BCUT2D eigenvalue weighted by molar-refractivity contribution is 6.39. The molecule has 134 valence electrons. The lowest BCUT2D eigenvalue weighted by Gasteiger charge is -2.36. The number of benzene rings is 1. The second-order valence-electron chi connectivity index (χ2n) is 5.84. The second-order valence-corrected chi connectivity index (χ2v) is 5.84. The van der Waals surface area contributed by atoms with Gasteiger partial charge in [-0.1, -0.05) is 24.3 Å². The molecule has 2 aliphatic rings. The minimum Gasteiger partial charge on any atom is -0.450 e. The zero-order valence-electron chi connectivity index (χ0n) is 14.4. The molecule has 1 aliphatic heterocycles. The molecule has 0 aromatic heterocycles. The summed E-state index contributed by atoms with van der Waals surface area (Å²) in [6.45, 7) is 6.10. The Balaban J connectivity index is 0.00000225. The number of ether oxygens (including phenoxy) is 1. The van der Waals surface area contributed by atoms with E-state index in [0.29, 0.717) is 49.6 Å². The van der Waals surface area contributed by atoms with E-state index in [-0.39, 0.29) is 28.7 Å². The van der Waals surface area contributed by atoms with Gasteiger partial charge in [-0.25, -0.2) is 4.79 Å². The number of hydrogen-bond acceptors (Lipinski definition) is 5. The van der Waals surface area contributed by atoms with Crippen molar-refractivity contribution in [3.05, 3.63) is 46.7 Å². The molecule has 1 aromatic carbocycles. The summed E-state index contributed by atoms with van der Waals surface area (Å²) >= 11 is 0. The van der Waals surface area contributed by atoms with Gasteiger partial charge in [-0.3, -0.25) is 9.59 Å². The third-order valence-corrected chi connectivity index (χ3v) is 4.51. The van der Waals surface area contributed by atoms with Crippen molar-refractivity contribution >= 4 is 17.7 Å². The topological polar surface area (TPSA) is 98.4 Å². The predicted octanol–water partition coefficient (Wildman–Crippen LogP) is 1.29. The number of carbonyl (C=O) groups is 3. The van der Waals surface area contributed by atoms with Crippen LogP contribution in [0.25, 0.3) is 0 Å². The van der Waals surface area contributed by atoms with Gasteiger partial charge in [-0.05, 0) is 13.8 Å². The van der Waals surface area contributed by atoms with Crippen LogP contribution in [0.2, 0.25) is 0 Å². The number of nitrogens with zero attached hydrogens (tertiary/aromatic N) is 2. The normalized spacial score (nSPS) is 16.5. The van der Waals surface area contributed by atoms with E-state index >= 15 is 0 Å². The number of fused-ring (bicyclic) bond motifs is 1. The molecular weight excluding hydrogens is 324 g/mol. The molecule has 1 fully saturated rings. The van der Waals surface area contributed by atoms with Crippen LogP contribution in [0.1, 0.15) is 34.6 Å². The summed E-state index contributed by atoms with van der Waals surface area (Å²) < 4.78 is 5.00. The Morgan fingerprint density at radius 3 is 1.96 bits per heavy atom. The zero-order valence-corrected chi connectivity index (χ0v) is 14.4. The van der Waals surface area contributed by atoms with Gasteiger partial charge in [0.05, 0.1) is 12.2 Å². The second kappa shape index (κ2) is 7.48. The molecule has 1 aromatic rings. The lowest BCUT2D eigenvalue weighted by Crippen LogP contribution is -2.48. The standard InChI is InChI=1S/C18H20N2O4.H2O/c1-3-24-18(23)20-10-8-19(9-11-20)12(2)15-16(21)13-6-4-5-7-14(13)17(15)22;/h4-7H,3,8-11H2,1-2H3;1H2. The average Bonchev–Trinajstić information content (AvgIpc) is 2.86. The molecule has 0 unspecified atom stereocenters. The molecule has 1 amide bonds. The van der Waals surface area contributed by atoms with Crippen LogP contribution in [0.4, 0.5) is 4.79 Å². The van der Waals surface area contributed by atoms with E-state index in [2.05, 4.69) is 0 Å². The van der Waals surface area contributed by atoms with Crippen LogP contribution in [0.15, 0.2) is 35.5 Å². The molecule has 1 saturated heterocycles. The Hall–Kier alpha value is -2.67. The van der Waals surface area contributed by atoms with Crippen LogP contribution in [0.3, 0.4) is 0 Å². The molecule has 2 N–H and O–H groups in total. The first-order valence-electron chi connectivity index (χ1n) is 8.10. The molecular formula is C18H22N2O5. The molecule has 0 saturated carbocycles. The fourth-order valence-electron chi connectivity index (χ4n) is 3.18. The minimum absolute atomic E-state index is 0. The smallest absolute Gasteiger partial charge is 0.409 e. The quantitative estimate of drug-likeness (QED) is 0.593. The Morgan fingerprint density at radius 1 is 1.00 bits per heavy atom. The first-order valence-corrected chi connectivity index (χ1v) is 8.10. The van der Waals surface area contributed by atoms with Gasteiger partial charge in [-0.15, -0.1) is 0 Å². The summed E-state index contributed by atoms with van der Waals surface area (Å²) in [5, 5.41) is 0. The number of ketones is 2. The predicted molar refractivity (Wildman–Crippen MR) is 91.6 cm³/mol. The molecule has 0 radical (unpaired) electrons. The van der Waals surface area contributed by atoms with Gasteiger partial charge >= 0.3 is 6.09 Å². The van der Waals surface area contributed by atoms with E-state index in [1.54, 1.807) is 43.0 Å². The summed E-state index contributed by atoms with van der Waals surface area (Å²) in [6.07, 6.45) is -0.317. The van der Waals surface area contributed by atoms with Crippen molar-refractivity contribution in [1.29, 1.82) is 0 Å². The molecule has 1 aliphatic carbocycles. The first kappa shape index (κ1) is 18.7. The maximum Gasteiger partial charge on any atom is 0.409 e. The highest BCUT2D eigenvalue weighted by atomic mass is 16.6. The molecule has 0 atom stereocenters. The third kappa shape index (κ3) is 3.28. The Labute approximate surface area is 146 Å². The van der Waals surface area contributed by atoms with Crippen LogP contribution in [0.5, 0.6) is 0 Å². The highest BCUT2D eigenvalue weighted by Gasteiger charge is 2.36. The largest absolute Gasteiger partial charge is 0.450 e. The minimum atomic E-state index is -0.317. The van der Waals surface area contributed by atoms with Crippen LogP contribution >= 0.6 is 0 Å². The van der Waals surface area contributed by atoms with Gasteiger partial charge in [-0.2, -0.15) is 0 Å². The van der Waals surface area contributed by atoms with Gasteiger partial charge in [0, 0.05) is 43.0 Å². The molecule has 25 heavy (non-hydrogen) atoms. The first-order chi connectivity index (χ1) is 11.5. The monoisotopic (exact) mass is 346 g/mol. The highest BCUT2D eigenvalue weighted by Crippen LogP contribution is 2.29. The number of amides is 1. The number of allylic oxidation sites excluding steroid dienone is 2. The summed E-state index contributed by atoms with van der Waals surface area (Å²) in [7, 11) is 0.